The number of aliphatic carboxylic acids is 1. The molecular formula is C17H19N3O4. The van der Waals surface area contributed by atoms with Gasteiger partial charge in [0.1, 0.15) is 6.04 Å². The third-order valence-corrected chi connectivity index (χ3v) is 4.00. The van der Waals surface area contributed by atoms with Crippen molar-refractivity contribution in [2.75, 3.05) is 26.3 Å². The number of ether oxygens (including phenoxy) is 1. The summed E-state index contributed by atoms with van der Waals surface area (Å²) in [6.45, 7) is 1.89. The second-order valence-corrected chi connectivity index (χ2v) is 5.67. The first-order chi connectivity index (χ1) is 11.6. The van der Waals surface area contributed by atoms with Crippen molar-refractivity contribution in [2.45, 2.75) is 12.5 Å². The van der Waals surface area contributed by atoms with Crippen molar-refractivity contribution >= 4 is 22.9 Å². The third kappa shape index (κ3) is 3.80. The number of pyridine rings is 1. The molecule has 0 bridgehead atoms. The number of carboxylic acid groups (broad SMARTS) is 1. The second-order valence-electron chi connectivity index (χ2n) is 5.67. The molecule has 1 saturated heterocycles. The summed E-state index contributed by atoms with van der Waals surface area (Å²) >= 11 is 0. The van der Waals surface area contributed by atoms with Crippen LogP contribution in [0.2, 0.25) is 0 Å². The Morgan fingerprint density at radius 3 is 2.83 bits per heavy atom. The Bertz CT molecular complexity index is 743. The van der Waals surface area contributed by atoms with E-state index in [1.54, 1.807) is 11.1 Å². The van der Waals surface area contributed by atoms with Crippen molar-refractivity contribution in [3.63, 3.8) is 0 Å². The lowest BCUT2D eigenvalue weighted by molar-refractivity contribution is -0.139. The van der Waals surface area contributed by atoms with Gasteiger partial charge >= 0.3 is 12.0 Å². The number of nitrogens with one attached hydrogen (secondary N) is 1. The smallest absolute Gasteiger partial charge is 0.326 e. The zero-order valence-electron chi connectivity index (χ0n) is 13.1. The summed E-state index contributed by atoms with van der Waals surface area (Å²) in [7, 11) is 0. The van der Waals surface area contributed by atoms with E-state index in [-0.39, 0.29) is 12.5 Å². The van der Waals surface area contributed by atoms with Gasteiger partial charge in [0.2, 0.25) is 0 Å². The molecule has 7 nitrogen and oxygen atoms in total. The zero-order chi connectivity index (χ0) is 16.9. The van der Waals surface area contributed by atoms with Crippen LogP contribution in [0.1, 0.15) is 5.56 Å². The number of carboxylic acids is 1. The van der Waals surface area contributed by atoms with Gasteiger partial charge in [-0.2, -0.15) is 0 Å². The highest BCUT2D eigenvalue weighted by Gasteiger charge is 2.24. The number of fused-ring (bicyclic) bond motifs is 1. The minimum absolute atomic E-state index is 0.218. The topological polar surface area (TPSA) is 91.8 Å². The molecule has 1 atom stereocenters. The minimum atomic E-state index is -1.05. The van der Waals surface area contributed by atoms with Gasteiger partial charge in [0.25, 0.3) is 0 Å². The predicted molar refractivity (Wildman–Crippen MR) is 87.8 cm³/mol. The molecule has 7 heteroatoms. The third-order valence-electron chi connectivity index (χ3n) is 4.00. The maximum Gasteiger partial charge on any atom is 0.326 e. The van der Waals surface area contributed by atoms with Gasteiger partial charge in [-0.1, -0.05) is 12.1 Å². The highest BCUT2D eigenvalue weighted by molar-refractivity contribution is 5.83. The van der Waals surface area contributed by atoms with Crippen LogP contribution in [0.3, 0.4) is 0 Å². The number of morpholine rings is 1. The van der Waals surface area contributed by atoms with Crippen molar-refractivity contribution in [3.8, 4) is 0 Å². The molecule has 3 rings (SSSR count). The van der Waals surface area contributed by atoms with Gasteiger partial charge in [0.05, 0.1) is 18.7 Å². The number of carbonyl (C=O) groups is 2. The van der Waals surface area contributed by atoms with Gasteiger partial charge in [0, 0.05) is 31.1 Å². The molecule has 1 aromatic heterocycles. The van der Waals surface area contributed by atoms with E-state index in [1.807, 2.05) is 30.3 Å². The fourth-order valence-electron chi connectivity index (χ4n) is 2.69. The SMILES string of the molecule is O=C(O)[C@@H](Cc1ccc2ncccc2c1)NC(=O)N1CCOCC1. The normalized spacial score (nSPS) is 15.9. The van der Waals surface area contributed by atoms with E-state index in [9.17, 15) is 14.7 Å². The van der Waals surface area contributed by atoms with Crippen molar-refractivity contribution in [1.29, 1.82) is 0 Å². The lowest BCUT2D eigenvalue weighted by Crippen LogP contribution is -2.51. The summed E-state index contributed by atoms with van der Waals surface area (Å²) in [6.07, 6.45) is 1.93. The number of nitrogens with zero attached hydrogens (tertiary/aromatic N) is 2. The van der Waals surface area contributed by atoms with Gasteiger partial charge in [-0.05, 0) is 23.8 Å². The standard InChI is InChI=1S/C17H19N3O4/c21-16(22)15(19-17(23)20-6-8-24-9-7-20)11-12-3-4-14-13(10-12)2-1-5-18-14/h1-5,10,15H,6-9,11H2,(H,19,23)(H,21,22)/t15-/m1/s1. The molecule has 2 amide bonds. The first-order valence-electron chi connectivity index (χ1n) is 7.83. The van der Waals surface area contributed by atoms with Gasteiger partial charge in [-0.15, -0.1) is 0 Å². The van der Waals surface area contributed by atoms with E-state index in [0.29, 0.717) is 26.3 Å². The summed E-state index contributed by atoms with van der Waals surface area (Å²) in [5.74, 6) is -1.05. The number of hydrogen-bond acceptors (Lipinski definition) is 4. The highest BCUT2D eigenvalue weighted by Crippen LogP contribution is 2.15. The Morgan fingerprint density at radius 2 is 2.08 bits per heavy atom. The number of rotatable bonds is 4. The molecule has 0 saturated carbocycles. The number of carbonyl (C=O) groups excluding carboxylic acids is 1. The van der Waals surface area contributed by atoms with Crippen molar-refractivity contribution < 1.29 is 19.4 Å². The quantitative estimate of drug-likeness (QED) is 0.881. The maximum absolute atomic E-state index is 12.2. The van der Waals surface area contributed by atoms with Crippen molar-refractivity contribution in [2.24, 2.45) is 0 Å². The molecule has 0 spiro atoms. The van der Waals surface area contributed by atoms with Gasteiger partial charge in [-0.25, -0.2) is 9.59 Å². The molecule has 1 aliphatic heterocycles. The number of urea groups is 1. The second kappa shape index (κ2) is 7.27. The summed E-state index contributed by atoms with van der Waals surface area (Å²) in [6, 6.07) is 8.01. The monoisotopic (exact) mass is 329 g/mol. The van der Waals surface area contributed by atoms with E-state index in [1.165, 1.54) is 0 Å². The molecule has 1 aliphatic rings. The first kappa shape index (κ1) is 16.2. The lowest BCUT2D eigenvalue weighted by Gasteiger charge is -2.28. The van der Waals surface area contributed by atoms with E-state index in [0.717, 1.165) is 16.5 Å². The van der Waals surface area contributed by atoms with E-state index < -0.39 is 12.0 Å². The Morgan fingerprint density at radius 1 is 1.29 bits per heavy atom. The van der Waals surface area contributed by atoms with Gasteiger partial charge < -0.3 is 20.1 Å². The number of amides is 2. The first-order valence-corrected chi connectivity index (χ1v) is 7.83. The van der Waals surface area contributed by atoms with E-state index in [4.69, 9.17) is 4.74 Å². The Balaban J connectivity index is 1.70. The Hall–Kier alpha value is -2.67. The van der Waals surface area contributed by atoms with Crippen LogP contribution in [0, 0.1) is 0 Å². The molecule has 2 heterocycles. The van der Waals surface area contributed by atoms with Crippen LogP contribution in [-0.2, 0) is 16.0 Å². The van der Waals surface area contributed by atoms with E-state index >= 15 is 0 Å². The average Bonchev–Trinajstić information content (AvgIpc) is 2.61. The number of hydrogen-bond donors (Lipinski definition) is 2. The molecule has 0 radical (unpaired) electrons. The molecule has 0 aliphatic carbocycles. The molecule has 24 heavy (non-hydrogen) atoms. The highest BCUT2D eigenvalue weighted by atomic mass is 16.5. The molecule has 1 fully saturated rings. The zero-order valence-corrected chi connectivity index (χ0v) is 13.1. The van der Waals surface area contributed by atoms with Crippen LogP contribution >= 0.6 is 0 Å². The minimum Gasteiger partial charge on any atom is -0.480 e. The summed E-state index contributed by atoms with van der Waals surface area (Å²) in [5, 5.41) is 13.0. The number of aromatic nitrogens is 1. The Labute approximate surface area is 139 Å². The summed E-state index contributed by atoms with van der Waals surface area (Å²) in [5.41, 5.74) is 1.69. The molecule has 0 unspecified atom stereocenters. The van der Waals surface area contributed by atoms with Crippen molar-refractivity contribution in [1.82, 2.24) is 15.2 Å². The fourth-order valence-corrected chi connectivity index (χ4v) is 2.69. The van der Waals surface area contributed by atoms with Gasteiger partial charge in [-0.3, -0.25) is 4.98 Å². The van der Waals surface area contributed by atoms with Crippen LogP contribution in [0.4, 0.5) is 4.79 Å². The summed E-state index contributed by atoms with van der Waals surface area (Å²) < 4.78 is 5.19. The molecule has 1 aromatic carbocycles. The van der Waals surface area contributed by atoms with E-state index in [2.05, 4.69) is 10.3 Å². The van der Waals surface area contributed by atoms with Crippen LogP contribution in [0.25, 0.3) is 10.9 Å². The fraction of sp³-hybridized carbons (Fsp3) is 0.353. The lowest BCUT2D eigenvalue weighted by atomic mass is 10.0. The Kier molecular flexibility index (Phi) is 4.90. The number of benzene rings is 1. The largest absolute Gasteiger partial charge is 0.480 e. The van der Waals surface area contributed by atoms with Crippen molar-refractivity contribution in [3.05, 3.63) is 42.1 Å². The van der Waals surface area contributed by atoms with Crippen LogP contribution in [-0.4, -0.2) is 59.3 Å². The maximum atomic E-state index is 12.2. The molecule has 126 valence electrons. The van der Waals surface area contributed by atoms with Crippen LogP contribution in [0.5, 0.6) is 0 Å². The van der Waals surface area contributed by atoms with Crippen LogP contribution in [0.15, 0.2) is 36.5 Å². The molecule has 2 N–H and O–H groups in total. The van der Waals surface area contributed by atoms with Crippen LogP contribution < -0.4 is 5.32 Å². The molecule has 2 aromatic rings. The predicted octanol–water partition coefficient (Wildman–Crippen LogP) is 1.27. The van der Waals surface area contributed by atoms with Gasteiger partial charge in [0.15, 0.2) is 0 Å². The average molecular weight is 329 g/mol. The molecular weight excluding hydrogens is 310 g/mol. The summed E-state index contributed by atoms with van der Waals surface area (Å²) in [4.78, 5) is 29.5.